The predicted octanol–water partition coefficient (Wildman–Crippen LogP) is 2.57. The Morgan fingerprint density at radius 1 is 1.27 bits per heavy atom. The molecule has 0 amide bonds. The fraction of sp³-hybridized carbons (Fsp3) is 0.0714. The Morgan fingerprint density at radius 2 is 2.00 bits per heavy atom. The van der Waals surface area contributed by atoms with Crippen LogP contribution >= 0.6 is 12.2 Å². The van der Waals surface area contributed by atoms with E-state index in [-0.39, 0.29) is 5.69 Å². The number of nitrogens with zero attached hydrogens (tertiary/aromatic N) is 4. The third kappa shape index (κ3) is 2.40. The molecule has 0 radical (unpaired) electrons. The van der Waals surface area contributed by atoms with Crippen molar-refractivity contribution < 1.29 is 9.66 Å². The van der Waals surface area contributed by atoms with Crippen LogP contribution in [0.5, 0.6) is 5.75 Å². The Morgan fingerprint density at radius 3 is 2.64 bits per heavy atom. The molecule has 0 spiro atoms. The molecule has 110 valence electrons. The zero-order valence-corrected chi connectivity index (χ0v) is 12.3. The topological polar surface area (TPSA) is 83.1 Å². The average Bonchev–Trinajstić information content (AvgIpc) is 2.97. The van der Waals surface area contributed by atoms with E-state index in [2.05, 4.69) is 10.3 Å². The van der Waals surface area contributed by atoms with Gasteiger partial charge in [-0.1, -0.05) is 17.4 Å². The third-order valence-corrected chi connectivity index (χ3v) is 3.58. The number of nitro benzene ring substituents is 1. The molecule has 0 saturated heterocycles. The maximum Gasteiger partial charge on any atom is 0.271 e. The lowest BCUT2D eigenvalue weighted by Crippen LogP contribution is -2.12. The van der Waals surface area contributed by atoms with Gasteiger partial charge in [0, 0.05) is 17.7 Å². The van der Waals surface area contributed by atoms with Crippen LogP contribution in [0.2, 0.25) is 0 Å². The monoisotopic (exact) mass is 314 g/mol. The molecule has 0 aliphatic heterocycles. The Kier molecular flexibility index (Phi) is 3.51. The highest BCUT2D eigenvalue weighted by atomic mass is 32.1. The summed E-state index contributed by atoms with van der Waals surface area (Å²) in [6.07, 6.45) is 0. The van der Waals surface area contributed by atoms with Crippen molar-refractivity contribution in [3.63, 3.8) is 0 Å². The van der Waals surface area contributed by atoms with Crippen LogP contribution < -0.4 is 4.74 Å². The van der Waals surface area contributed by atoms with Gasteiger partial charge in [-0.05, 0) is 30.3 Å². The summed E-state index contributed by atoms with van der Waals surface area (Å²) >= 11 is 5.42. The molecule has 22 heavy (non-hydrogen) atoms. The minimum absolute atomic E-state index is 0.0325. The molecule has 0 saturated carbocycles. The van der Waals surface area contributed by atoms with Crippen LogP contribution in [-0.2, 0) is 0 Å². The van der Waals surface area contributed by atoms with E-state index in [1.54, 1.807) is 25.3 Å². The van der Waals surface area contributed by atoms with Crippen molar-refractivity contribution in [2.24, 2.45) is 0 Å². The third-order valence-electron chi connectivity index (χ3n) is 3.17. The van der Waals surface area contributed by atoms with Gasteiger partial charge in [0.15, 0.2) is 0 Å². The standard InChI is InChI=1S/C14H10N4O3S/c1-21-11-5-2-9(3-6-11)14(22)17-13-7-4-10(18(19)20)8-12(13)15-16-17/h2-8H,1H3. The van der Waals surface area contributed by atoms with Crippen molar-refractivity contribution in [1.29, 1.82) is 0 Å². The molecule has 2 aromatic carbocycles. The second-order valence-electron chi connectivity index (χ2n) is 4.47. The molecule has 1 heterocycles. The van der Waals surface area contributed by atoms with E-state index in [1.165, 1.54) is 16.8 Å². The van der Waals surface area contributed by atoms with E-state index in [0.29, 0.717) is 16.0 Å². The van der Waals surface area contributed by atoms with Gasteiger partial charge in [-0.15, -0.1) is 5.10 Å². The first-order chi connectivity index (χ1) is 10.6. The fourth-order valence-electron chi connectivity index (χ4n) is 2.03. The number of hydrogen-bond donors (Lipinski definition) is 0. The molecular weight excluding hydrogens is 304 g/mol. The van der Waals surface area contributed by atoms with E-state index in [4.69, 9.17) is 17.0 Å². The lowest BCUT2D eigenvalue weighted by molar-refractivity contribution is -0.384. The maximum atomic E-state index is 10.8. The predicted molar refractivity (Wildman–Crippen MR) is 84.3 cm³/mol. The summed E-state index contributed by atoms with van der Waals surface area (Å²) < 4.78 is 6.59. The summed E-state index contributed by atoms with van der Waals surface area (Å²) in [4.78, 5) is 10.8. The molecule has 3 rings (SSSR count). The van der Waals surface area contributed by atoms with Gasteiger partial charge in [-0.2, -0.15) is 0 Å². The van der Waals surface area contributed by atoms with Gasteiger partial charge in [-0.25, -0.2) is 4.68 Å². The second kappa shape index (κ2) is 5.49. The van der Waals surface area contributed by atoms with Crippen molar-refractivity contribution >= 4 is 33.9 Å². The molecular formula is C14H10N4O3S. The first kappa shape index (κ1) is 14.1. The zero-order chi connectivity index (χ0) is 15.7. The molecule has 0 atom stereocenters. The van der Waals surface area contributed by atoms with Gasteiger partial charge in [0.05, 0.1) is 17.5 Å². The molecule has 8 heteroatoms. The first-order valence-electron chi connectivity index (χ1n) is 6.29. The van der Waals surface area contributed by atoms with Gasteiger partial charge >= 0.3 is 0 Å². The molecule has 3 aromatic rings. The number of methoxy groups -OCH3 is 1. The van der Waals surface area contributed by atoms with Crippen molar-refractivity contribution in [1.82, 2.24) is 15.0 Å². The Bertz CT molecular complexity index is 873. The van der Waals surface area contributed by atoms with Gasteiger partial charge in [-0.3, -0.25) is 10.1 Å². The molecule has 0 N–H and O–H groups in total. The summed E-state index contributed by atoms with van der Waals surface area (Å²) in [5, 5.41) is 18.7. The van der Waals surface area contributed by atoms with Crippen molar-refractivity contribution in [3.05, 3.63) is 58.1 Å². The van der Waals surface area contributed by atoms with Crippen LogP contribution in [0.3, 0.4) is 0 Å². The highest BCUT2D eigenvalue weighted by Crippen LogP contribution is 2.20. The van der Waals surface area contributed by atoms with Crippen LogP contribution in [0.15, 0.2) is 42.5 Å². The van der Waals surface area contributed by atoms with E-state index < -0.39 is 4.92 Å². The van der Waals surface area contributed by atoms with E-state index in [9.17, 15) is 10.1 Å². The zero-order valence-electron chi connectivity index (χ0n) is 11.5. The van der Waals surface area contributed by atoms with Crippen molar-refractivity contribution in [2.45, 2.75) is 0 Å². The molecule has 0 aliphatic rings. The van der Waals surface area contributed by atoms with Gasteiger partial charge in [0.25, 0.3) is 5.69 Å². The largest absolute Gasteiger partial charge is 0.497 e. The van der Waals surface area contributed by atoms with Gasteiger partial charge in [0.1, 0.15) is 16.3 Å². The number of rotatable bonds is 3. The lowest BCUT2D eigenvalue weighted by Gasteiger charge is -2.05. The minimum Gasteiger partial charge on any atom is -0.497 e. The smallest absolute Gasteiger partial charge is 0.271 e. The summed E-state index contributed by atoms with van der Waals surface area (Å²) in [5.41, 5.74) is 1.78. The number of thiocarbonyl (C=S) groups is 1. The van der Waals surface area contributed by atoms with Crippen molar-refractivity contribution in [2.75, 3.05) is 7.11 Å². The van der Waals surface area contributed by atoms with Crippen LogP contribution in [0.25, 0.3) is 11.0 Å². The van der Waals surface area contributed by atoms with Crippen molar-refractivity contribution in [3.8, 4) is 5.75 Å². The molecule has 0 unspecified atom stereocenters. The average molecular weight is 314 g/mol. The SMILES string of the molecule is COc1ccc(C(=S)n2nnc3cc([N+](=O)[O-])ccc32)cc1. The fourth-order valence-corrected chi connectivity index (χ4v) is 2.30. The maximum absolute atomic E-state index is 10.8. The molecule has 7 nitrogen and oxygen atoms in total. The summed E-state index contributed by atoms with van der Waals surface area (Å²) in [6, 6.07) is 11.6. The number of benzene rings is 2. The number of nitro groups is 1. The molecule has 1 aromatic heterocycles. The highest BCUT2D eigenvalue weighted by molar-refractivity contribution is 7.80. The Hall–Kier alpha value is -2.87. The van der Waals surface area contributed by atoms with E-state index in [0.717, 1.165) is 11.3 Å². The summed E-state index contributed by atoms with van der Waals surface area (Å²) in [7, 11) is 1.59. The first-order valence-corrected chi connectivity index (χ1v) is 6.69. The molecule has 0 fully saturated rings. The summed E-state index contributed by atoms with van der Waals surface area (Å²) in [5.74, 6) is 0.727. The van der Waals surface area contributed by atoms with E-state index >= 15 is 0 Å². The summed E-state index contributed by atoms with van der Waals surface area (Å²) in [6.45, 7) is 0. The van der Waals surface area contributed by atoms with Crippen LogP contribution in [0.1, 0.15) is 5.56 Å². The van der Waals surface area contributed by atoms with Crippen LogP contribution in [0, 0.1) is 10.1 Å². The molecule has 0 aliphatic carbocycles. The van der Waals surface area contributed by atoms with Gasteiger partial charge < -0.3 is 4.74 Å². The highest BCUT2D eigenvalue weighted by Gasteiger charge is 2.14. The lowest BCUT2D eigenvalue weighted by atomic mass is 10.2. The number of ether oxygens (including phenoxy) is 1. The second-order valence-corrected chi connectivity index (χ2v) is 4.85. The number of fused-ring (bicyclic) bond motifs is 1. The van der Waals surface area contributed by atoms with E-state index in [1.807, 2.05) is 12.1 Å². The van der Waals surface area contributed by atoms with Gasteiger partial charge in [0.2, 0.25) is 0 Å². The minimum atomic E-state index is -0.472. The van der Waals surface area contributed by atoms with Crippen LogP contribution in [-0.4, -0.2) is 32.0 Å². The molecule has 0 bridgehead atoms. The number of aromatic nitrogens is 3. The Labute approximate surface area is 130 Å². The number of non-ortho nitro benzene ring substituents is 1. The number of hydrogen-bond acceptors (Lipinski definition) is 6. The quantitative estimate of drug-likeness (QED) is 0.420. The van der Waals surface area contributed by atoms with Crippen LogP contribution in [0.4, 0.5) is 5.69 Å². The Balaban J connectivity index is 2.01. The normalized spacial score (nSPS) is 10.6.